The molecule has 9 nitrogen and oxygen atoms in total. The predicted molar refractivity (Wildman–Crippen MR) is 136 cm³/mol. The van der Waals surface area contributed by atoms with Gasteiger partial charge < -0.3 is 4.98 Å². The van der Waals surface area contributed by atoms with E-state index < -0.39 is 0 Å². The number of hydrogen-bond acceptors (Lipinski definition) is 6. The minimum absolute atomic E-state index is 0.0425. The van der Waals surface area contributed by atoms with Crippen molar-refractivity contribution in [1.82, 2.24) is 38.9 Å². The Morgan fingerprint density at radius 1 is 1.00 bits per heavy atom. The molecule has 2 aromatic carbocycles. The molecule has 174 valence electrons. The van der Waals surface area contributed by atoms with Crippen molar-refractivity contribution < 1.29 is 0 Å². The van der Waals surface area contributed by atoms with Gasteiger partial charge in [-0.05, 0) is 38.0 Å². The van der Waals surface area contributed by atoms with Gasteiger partial charge >= 0.3 is 0 Å². The Bertz CT molecular complexity index is 1790. The Morgan fingerprint density at radius 2 is 1.80 bits per heavy atom. The number of hydrogen-bond donors (Lipinski definition) is 1. The van der Waals surface area contributed by atoms with E-state index in [1.807, 2.05) is 53.9 Å². The normalized spacial score (nSPS) is 14.0. The number of aromatic amines is 1. The first-order valence-electron chi connectivity index (χ1n) is 11.7. The van der Waals surface area contributed by atoms with Crippen LogP contribution in [-0.4, -0.2) is 38.9 Å². The van der Waals surface area contributed by atoms with Crippen molar-refractivity contribution in [3.8, 4) is 11.4 Å². The first-order valence-corrected chi connectivity index (χ1v) is 12.7. The third-order valence-corrected chi connectivity index (χ3v) is 7.57. The molecule has 0 unspecified atom stereocenters. The van der Waals surface area contributed by atoms with Gasteiger partial charge in [-0.25, -0.2) is 0 Å². The van der Waals surface area contributed by atoms with Gasteiger partial charge in [0.15, 0.2) is 11.0 Å². The van der Waals surface area contributed by atoms with Crippen molar-refractivity contribution >= 4 is 39.3 Å². The van der Waals surface area contributed by atoms with Gasteiger partial charge in [-0.1, -0.05) is 42.1 Å². The standard InChI is InChI=1S/C25H22N8OS/c1-2-31-23(34)17-8-4-6-10-20(17)33-21(27-29-24(31)33)14-35-25-30-28-22(32(25)15-11-12-15)18-13-26-19-9-5-3-7-16(18)19/h3-10,13,15,26H,2,11-12,14H2,1H3. The minimum atomic E-state index is -0.0425. The number of benzene rings is 2. The molecule has 7 rings (SSSR count). The van der Waals surface area contributed by atoms with Crippen LogP contribution in [0.1, 0.15) is 31.6 Å². The van der Waals surface area contributed by atoms with Crippen LogP contribution in [0.25, 0.3) is 39.0 Å². The molecule has 4 aromatic heterocycles. The molecule has 35 heavy (non-hydrogen) atoms. The lowest BCUT2D eigenvalue weighted by molar-refractivity contribution is 0.669. The molecular weight excluding hydrogens is 460 g/mol. The monoisotopic (exact) mass is 482 g/mol. The van der Waals surface area contributed by atoms with Crippen molar-refractivity contribution in [3.63, 3.8) is 0 Å². The second kappa shape index (κ2) is 7.81. The average molecular weight is 483 g/mol. The highest BCUT2D eigenvalue weighted by atomic mass is 32.2. The van der Waals surface area contributed by atoms with Crippen LogP contribution in [0.5, 0.6) is 0 Å². The van der Waals surface area contributed by atoms with E-state index in [0.29, 0.717) is 29.5 Å². The topological polar surface area (TPSA) is 98.7 Å². The fourth-order valence-electron chi connectivity index (χ4n) is 4.80. The maximum absolute atomic E-state index is 12.9. The van der Waals surface area contributed by atoms with Gasteiger partial charge in [0.05, 0.1) is 16.7 Å². The molecule has 1 saturated carbocycles. The summed E-state index contributed by atoms with van der Waals surface area (Å²) >= 11 is 1.61. The zero-order valence-electron chi connectivity index (χ0n) is 19.0. The van der Waals surface area contributed by atoms with Crippen molar-refractivity contribution in [2.24, 2.45) is 0 Å². The number of nitrogens with one attached hydrogen (secondary N) is 1. The number of H-pyrrole nitrogens is 1. The Kier molecular flexibility index (Phi) is 4.56. The number of para-hydroxylation sites is 2. The summed E-state index contributed by atoms with van der Waals surface area (Å²) in [4.78, 5) is 16.3. The maximum Gasteiger partial charge on any atom is 0.262 e. The lowest BCUT2D eigenvalue weighted by atomic mass is 10.1. The maximum atomic E-state index is 12.9. The van der Waals surface area contributed by atoms with E-state index in [0.717, 1.165) is 51.6 Å². The summed E-state index contributed by atoms with van der Waals surface area (Å²) in [7, 11) is 0. The highest BCUT2D eigenvalue weighted by Crippen LogP contribution is 2.42. The molecule has 1 aliphatic rings. The second-order valence-corrected chi connectivity index (χ2v) is 9.70. The quantitative estimate of drug-likeness (QED) is 0.353. The molecule has 10 heteroatoms. The smallest absolute Gasteiger partial charge is 0.262 e. The largest absolute Gasteiger partial charge is 0.360 e. The zero-order chi connectivity index (χ0) is 23.5. The van der Waals surface area contributed by atoms with Crippen LogP contribution in [-0.2, 0) is 12.3 Å². The minimum Gasteiger partial charge on any atom is -0.360 e. The first kappa shape index (κ1) is 20.5. The fraction of sp³-hybridized carbons (Fsp3) is 0.240. The summed E-state index contributed by atoms with van der Waals surface area (Å²) < 4.78 is 5.93. The first-order chi connectivity index (χ1) is 17.2. The van der Waals surface area contributed by atoms with Crippen LogP contribution in [0.15, 0.2) is 64.7 Å². The number of thioether (sulfide) groups is 1. The molecule has 0 bridgehead atoms. The Balaban J connectivity index is 1.30. The highest BCUT2D eigenvalue weighted by molar-refractivity contribution is 7.98. The van der Waals surface area contributed by atoms with E-state index in [4.69, 9.17) is 0 Å². The molecule has 1 N–H and O–H groups in total. The second-order valence-electron chi connectivity index (χ2n) is 8.76. The van der Waals surface area contributed by atoms with E-state index in [-0.39, 0.29) is 5.56 Å². The van der Waals surface area contributed by atoms with Crippen LogP contribution in [0, 0.1) is 0 Å². The Morgan fingerprint density at radius 3 is 2.63 bits per heavy atom. The van der Waals surface area contributed by atoms with E-state index in [1.165, 1.54) is 0 Å². The summed E-state index contributed by atoms with van der Waals surface area (Å²) in [5.74, 6) is 2.80. The molecule has 1 fully saturated rings. The van der Waals surface area contributed by atoms with Crippen molar-refractivity contribution in [2.45, 2.75) is 43.3 Å². The predicted octanol–water partition coefficient (Wildman–Crippen LogP) is 4.43. The molecule has 0 aliphatic heterocycles. The van der Waals surface area contributed by atoms with Gasteiger partial charge in [-0.2, -0.15) is 0 Å². The third kappa shape index (κ3) is 3.13. The average Bonchev–Trinajstić information content (AvgIpc) is 3.30. The lowest BCUT2D eigenvalue weighted by Crippen LogP contribution is -2.22. The summed E-state index contributed by atoms with van der Waals surface area (Å²) in [5.41, 5.74) is 2.93. The van der Waals surface area contributed by atoms with Gasteiger partial charge in [0.1, 0.15) is 5.82 Å². The van der Waals surface area contributed by atoms with Gasteiger partial charge in [0.2, 0.25) is 5.78 Å². The summed E-state index contributed by atoms with van der Waals surface area (Å²) in [5, 5.41) is 20.7. The number of aromatic nitrogens is 8. The number of rotatable bonds is 6. The summed E-state index contributed by atoms with van der Waals surface area (Å²) in [6.07, 6.45) is 4.27. The van der Waals surface area contributed by atoms with E-state index >= 15 is 0 Å². The molecule has 0 spiro atoms. The van der Waals surface area contributed by atoms with Gasteiger partial charge in [-0.3, -0.25) is 18.3 Å². The van der Waals surface area contributed by atoms with E-state index in [9.17, 15) is 4.79 Å². The number of fused-ring (bicyclic) bond motifs is 4. The van der Waals surface area contributed by atoms with Crippen LogP contribution >= 0.6 is 11.8 Å². The lowest BCUT2D eigenvalue weighted by Gasteiger charge is -2.10. The SMILES string of the molecule is CCn1c(=O)c2ccccc2n2c(CSc3nnc(-c4c[nH]c5ccccc45)n3C3CC3)nnc12. The number of nitrogens with zero attached hydrogens (tertiary/aromatic N) is 7. The molecule has 4 heterocycles. The van der Waals surface area contributed by atoms with Crippen molar-refractivity contribution in [2.75, 3.05) is 0 Å². The van der Waals surface area contributed by atoms with E-state index in [1.54, 1.807) is 16.3 Å². The fourth-order valence-corrected chi connectivity index (χ4v) is 5.72. The van der Waals surface area contributed by atoms with Gasteiger partial charge in [-0.15, -0.1) is 20.4 Å². The zero-order valence-corrected chi connectivity index (χ0v) is 19.9. The van der Waals surface area contributed by atoms with E-state index in [2.05, 4.69) is 42.1 Å². The van der Waals surface area contributed by atoms with Crippen molar-refractivity contribution in [1.29, 1.82) is 0 Å². The molecule has 0 radical (unpaired) electrons. The number of aryl methyl sites for hydroxylation is 1. The molecule has 1 aliphatic carbocycles. The van der Waals surface area contributed by atoms with Crippen LogP contribution in [0.2, 0.25) is 0 Å². The van der Waals surface area contributed by atoms with Gasteiger partial charge in [0, 0.05) is 35.2 Å². The Hall–Kier alpha value is -3.92. The molecule has 0 atom stereocenters. The van der Waals surface area contributed by atoms with Crippen LogP contribution < -0.4 is 5.56 Å². The Labute approximate surface area is 203 Å². The van der Waals surface area contributed by atoms with Crippen LogP contribution in [0.4, 0.5) is 0 Å². The van der Waals surface area contributed by atoms with Gasteiger partial charge in [0.25, 0.3) is 5.56 Å². The molecule has 0 saturated heterocycles. The third-order valence-electron chi connectivity index (χ3n) is 6.63. The van der Waals surface area contributed by atoms with Crippen molar-refractivity contribution in [3.05, 3.63) is 70.9 Å². The summed E-state index contributed by atoms with van der Waals surface area (Å²) in [6.45, 7) is 2.48. The highest BCUT2D eigenvalue weighted by Gasteiger charge is 2.31. The molecular formula is C25H22N8OS. The summed E-state index contributed by atoms with van der Waals surface area (Å²) in [6, 6.07) is 16.3. The molecule has 6 aromatic rings. The van der Waals surface area contributed by atoms with Crippen LogP contribution in [0.3, 0.4) is 0 Å². The molecule has 0 amide bonds.